The Bertz CT molecular complexity index is 634. The monoisotopic (exact) mass is 288 g/mol. The van der Waals surface area contributed by atoms with E-state index >= 15 is 0 Å². The molecule has 1 fully saturated rings. The van der Waals surface area contributed by atoms with E-state index in [1.807, 2.05) is 0 Å². The predicted octanol–water partition coefficient (Wildman–Crippen LogP) is 1.03. The lowest BCUT2D eigenvalue weighted by Gasteiger charge is -2.42. The maximum Gasteiger partial charge on any atom is 0.328 e. The van der Waals surface area contributed by atoms with Crippen molar-refractivity contribution in [2.75, 3.05) is 11.4 Å². The van der Waals surface area contributed by atoms with Crippen LogP contribution in [0.5, 0.6) is 0 Å². The molecule has 0 spiro atoms. The number of hydrogen-bond donors (Lipinski definition) is 2. The van der Waals surface area contributed by atoms with Crippen LogP contribution in [0, 0.1) is 0 Å². The summed E-state index contributed by atoms with van der Waals surface area (Å²) in [6, 6.07) is 7.04. The Kier molecular flexibility index (Phi) is 3.80. The fourth-order valence-corrected chi connectivity index (χ4v) is 2.20. The van der Waals surface area contributed by atoms with Gasteiger partial charge in [-0.05, 0) is 31.6 Å². The number of carboxylic acid groups (broad SMARTS) is 1. The van der Waals surface area contributed by atoms with Crippen LogP contribution in [0.3, 0.4) is 0 Å². The van der Waals surface area contributed by atoms with E-state index < -0.39 is 11.5 Å². The molecular weight excluding hydrogens is 272 g/mol. The zero-order valence-electron chi connectivity index (χ0n) is 11.8. The third kappa shape index (κ3) is 2.94. The second kappa shape index (κ2) is 5.40. The first kappa shape index (κ1) is 14.8. The van der Waals surface area contributed by atoms with Crippen molar-refractivity contribution in [2.45, 2.75) is 19.4 Å². The molecule has 1 aliphatic rings. The first-order chi connectivity index (χ1) is 9.82. The largest absolute Gasteiger partial charge is 0.478 e. The molecule has 0 aliphatic carbocycles. The molecule has 1 heterocycles. The fraction of sp³-hybridized carbons (Fsp3) is 0.267. The van der Waals surface area contributed by atoms with E-state index in [-0.39, 0.29) is 18.4 Å². The van der Waals surface area contributed by atoms with Gasteiger partial charge in [0, 0.05) is 11.8 Å². The molecule has 1 aliphatic heterocycles. The number of amides is 2. The minimum absolute atomic E-state index is 0.0384. The van der Waals surface area contributed by atoms with Crippen molar-refractivity contribution < 1.29 is 19.5 Å². The summed E-state index contributed by atoms with van der Waals surface area (Å²) < 4.78 is 0. The zero-order valence-corrected chi connectivity index (χ0v) is 11.8. The quantitative estimate of drug-likeness (QED) is 0.640. The van der Waals surface area contributed by atoms with Gasteiger partial charge in [-0.1, -0.05) is 18.2 Å². The number of piperazine rings is 1. The van der Waals surface area contributed by atoms with Gasteiger partial charge in [-0.3, -0.25) is 14.9 Å². The second-order valence-corrected chi connectivity index (χ2v) is 5.25. The number of carbonyl (C=O) groups is 3. The van der Waals surface area contributed by atoms with Gasteiger partial charge >= 0.3 is 5.97 Å². The van der Waals surface area contributed by atoms with Gasteiger partial charge in [-0.25, -0.2) is 4.79 Å². The number of para-hydroxylation sites is 1. The maximum absolute atomic E-state index is 12.0. The van der Waals surface area contributed by atoms with Gasteiger partial charge in [0.05, 0.1) is 6.54 Å². The number of anilines is 1. The zero-order chi connectivity index (χ0) is 15.6. The van der Waals surface area contributed by atoms with Gasteiger partial charge in [0.25, 0.3) is 5.91 Å². The highest BCUT2D eigenvalue weighted by molar-refractivity contribution is 6.07. The first-order valence-corrected chi connectivity index (χ1v) is 6.44. The number of nitrogens with zero attached hydrogens (tertiary/aromatic N) is 1. The van der Waals surface area contributed by atoms with Gasteiger partial charge in [0.2, 0.25) is 5.91 Å². The Morgan fingerprint density at radius 1 is 1.33 bits per heavy atom. The van der Waals surface area contributed by atoms with Crippen molar-refractivity contribution in [1.29, 1.82) is 0 Å². The summed E-state index contributed by atoms with van der Waals surface area (Å²) in [4.78, 5) is 36.0. The minimum Gasteiger partial charge on any atom is -0.478 e. The predicted molar refractivity (Wildman–Crippen MR) is 77.7 cm³/mol. The van der Waals surface area contributed by atoms with Crippen molar-refractivity contribution in [3.05, 3.63) is 35.9 Å². The Balaban J connectivity index is 2.47. The van der Waals surface area contributed by atoms with Gasteiger partial charge in [0.15, 0.2) is 0 Å². The van der Waals surface area contributed by atoms with E-state index in [0.717, 1.165) is 6.08 Å². The molecule has 1 aromatic rings. The van der Waals surface area contributed by atoms with Gasteiger partial charge < -0.3 is 10.0 Å². The van der Waals surface area contributed by atoms with E-state index in [1.54, 1.807) is 43.0 Å². The number of hydrogen-bond acceptors (Lipinski definition) is 4. The Morgan fingerprint density at radius 3 is 2.67 bits per heavy atom. The lowest BCUT2D eigenvalue weighted by molar-refractivity contribution is -0.135. The van der Waals surface area contributed by atoms with Crippen molar-refractivity contribution in [2.24, 2.45) is 0 Å². The lowest BCUT2D eigenvalue weighted by atomic mass is 9.96. The molecule has 1 aromatic carbocycles. The lowest BCUT2D eigenvalue weighted by Crippen LogP contribution is -2.64. The van der Waals surface area contributed by atoms with Crippen LogP contribution in [0.15, 0.2) is 30.3 Å². The smallest absolute Gasteiger partial charge is 0.328 e. The van der Waals surface area contributed by atoms with Crippen molar-refractivity contribution in [3.8, 4) is 0 Å². The third-order valence-electron chi connectivity index (χ3n) is 3.42. The number of carboxylic acids is 1. The topological polar surface area (TPSA) is 86.7 Å². The summed E-state index contributed by atoms with van der Waals surface area (Å²) >= 11 is 0. The molecule has 0 atom stereocenters. The standard InChI is InChI=1S/C15H16N2O4/c1-15(2)14(21)16-12(18)9-17(15)11-6-4-3-5-10(11)7-8-13(19)20/h3-8H,9H2,1-2H3,(H,19,20)(H,16,18,21). The molecular formula is C15H16N2O4. The summed E-state index contributed by atoms with van der Waals surface area (Å²) in [5.74, 6) is -1.82. The summed E-state index contributed by atoms with van der Waals surface area (Å²) in [5, 5.41) is 11.1. The average molecular weight is 288 g/mol. The molecule has 1 saturated heterocycles. The second-order valence-electron chi connectivity index (χ2n) is 5.25. The number of benzene rings is 1. The van der Waals surface area contributed by atoms with Crippen LogP contribution >= 0.6 is 0 Å². The van der Waals surface area contributed by atoms with Crippen LogP contribution in [0.1, 0.15) is 19.4 Å². The van der Waals surface area contributed by atoms with Crippen molar-refractivity contribution in [1.82, 2.24) is 5.32 Å². The molecule has 2 N–H and O–H groups in total. The summed E-state index contributed by atoms with van der Waals surface area (Å²) in [6.07, 6.45) is 2.47. The van der Waals surface area contributed by atoms with E-state index in [9.17, 15) is 14.4 Å². The van der Waals surface area contributed by atoms with E-state index in [2.05, 4.69) is 5.32 Å². The van der Waals surface area contributed by atoms with Crippen LogP contribution in [-0.4, -0.2) is 35.0 Å². The van der Waals surface area contributed by atoms with Crippen LogP contribution < -0.4 is 10.2 Å². The number of imide groups is 1. The summed E-state index contributed by atoms with van der Waals surface area (Å²) in [7, 11) is 0. The van der Waals surface area contributed by atoms with Gasteiger partial charge in [0.1, 0.15) is 5.54 Å². The highest BCUT2D eigenvalue weighted by Crippen LogP contribution is 2.30. The number of rotatable bonds is 3. The number of carbonyl (C=O) groups excluding carboxylic acids is 2. The Morgan fingerprint density at radius 2 is 2.00 bits per heavy atom. The summed E-state index contributed by atoms with van der Waals surface area (Å²) in [5.41, 5.74) is 0.375. The molecule has 0 unspecified atom stereocenters. The molecule has 6 heteroatoms. The number of nitrogens with one attached hydrogen (secondary N) is 1. The van der Waals surface area contributed by atoms with Crippen LogP contribution in [0.4, 0.5) is 5.69 Å². The normalized spacial score (nSPS) is 17.9. The highest BCUT2D eigenvalue weighted by Gasteiger charge is 2.41. The highest BCUT2D eigenvalue weighted by atomic mass is 16.4. The van der Waals surface area contributed by atoms with Crippen LogP contribution in [0.25, 0.3) is 6.08 Å². The molecule has 0 radical (unpaired) electrons. The first-order valence-electron chi connectivity index (χ1n) is 6.44. The molecule has 0 bridgehead atoms. The van der Waals surface area contributed by atoms with Crippen LogP contribution in [-0.2, 0) is 14.4 Å². The SMILES string of the molecule is CC1(C)C(=O)NC(=O)CN1c1ccccc1C=CC(=O)O. The van der Waals surface area contributed by atoms with Gasteiger partial charge in [-0.15, -0.1) is 0 Å². The Labute approximate surface area is 122 Å². The molecule has 6 nitrogen and oxygen atoms in total. The molecule has 21 heavy (non-hydrogen) atoms. The maximum atomic E-state index is 12.0. The molecule has 2 rings (SSSR count). The molecule has 110 valence electrons. The van der Waals surface area contributed by atoms with E-state index in [1.165, 1.54) is 6.08 Å². The summed E-state index contributed by atoms with van der Waals surface area (Å²) in [6.45, 7) is 3.47. The minimum atomic E-state index is -1.06. The van der Waals surface area contributed by atoms with Crippen molar-refractivity contribution >= 4 is 29.5 Å². The number of aliphatic carboxylic acids is 1. The molecule has 2 amide bonds. The fourth-order valence-electron chi connectivity index (χ4n) is 2.20. The molecule has 0 aromatic heterocycles. The van der Waals surface area contributed by atoms with E-state index in [0.29, 0.717) is 11.3 Å². The Hall–Kier alpha value is -2.63. The molecule has 0 saturated carbocycles. The van der Waals surface area contributed by atoms with Crippen LogP contribution in [0.2, 0.25) is 0 Å². The van der Waals surface area contributed by atoms with Gasteiger partial charge in [-0.2, -0.15) is 0 Å². The third-order valence-corrected chi connectivity index (χ3v) is 3.42. The van der Waals surface area contributed by atoms with E-state index in [4.69, 9.17) is 5.11 Å². The van der Waals surface area contributed by atoms with Crippen molar-refractivity contribution in [3.63, 3.8) is 0 Å². The average Bonchev–Trinajstić information content (AvgIpc) is 2.41.